The van der Waals surface area contributed by atoms with Gasteiger partial charge in [0.15, 0.2) is 5.43 Å². The van der Waals surface area contributed by atoms with Gasteiger partial charge in [0.25, 0.3) is 0 Å². The monoisotopic (exact) mass is 820 g/mol. The summed E-state index contributed by atoms with van der Waals surface area (Å²) < 4.78 is 42.8. The summed E-state index contributed by atoms with van der Waals surface area (Å²) in [6.45, 7) is 0. The van der Waals surface area contributed by atoms with Gasteiger partial charge < -0.3 is 9.80 Å². The molecule has 59 heavy (non-hydrogen) atoms. The summed E-state index contributed by atoms with van der Waals surface area (Å²) in [4.78, 5) is 20.0. The molecule has 0 amide bonds. The molecule has 0 bridgehead atoms. The Kier molecular flexibility index (Phi) is 7.87. The molecule has 0 fully saturated rings. The van der Waals surface area contributed by atoms with Gasteiger partial charge in [0, 0.05) is 41.1 Å². The first-order valence-electron chi connectivity index (χ1n) is 19.0. The van der Waals surface area contributed by atoms with Crippen LogP contribution < -0.4 is 15.2 Å². The number of sulfone groups is 1. The van der Waals surface area contributed by atoms with Gasteiger partial charge in [-0.3, -0.25) is 9.00 Å². The van der Waals surface area contributed by atoms with Crippen LogP contribution in [0.4, 0.5) is 34.1 Å². The van der Waals surface area contributed by atoms with Crippen LogP contribution in [-0.2, 0) is 19.4 Å². The maximum Gasteiger partial charge on any atom is 0.210 e. The summed E-state index contributed by atoms with van der Waals surface area (Å²) in [6.07, 6.45) is 0. The molecular weight excluding hydrogens is 789 g/mol. The molecular formula is C50H32N2O4S3. The minimum absolute atomic E-state index is 0.000602. The Morgan fingerprint density at radius 3 is 1.15 bits per heavy atom. The quantitative estimate of drug-likeness (QED) is 0.130. The van der Waals surface area contributed by atoms with Gasteiger partial charge in [-0.1, -0.05) is 84.9 Å². The van der Waals surface area contributed by atoms with Crippen LogP contribution in [0, 0.1) is 0 Å². The fourth-order valence-corrected chi connectivity index (χ4v) is 13.0. The molecule has 3 heterocycles. The second-order valence-corrected chi connectivity index (χ2v) is 19.9. The van der Waals surface area contributed by atoms with Crippen molar-refractivity contribution in [2.75, 3.05) is 9.80 Å². The third kappa shape index (κ3) is 5.43. The largest absolute Gasteiger partial charge is 0.308 e. The van der Waals surface area contributed by atoms with Gasteiger partial charge in [0.05, 0.1) is 42.3 Å². The van der Waals surface area contributed by atoms with Gasteiger partial charge in [-0.05, 0) is 125 Å². The zero-order valence-corrected chi connectivity index (χ0v) is 33.7. The highest BCUT2D eigenvalue weighted by atomic mass is 32.2. The Hall–Kier alpha value is -6.78. The molecule has 2 aliphatic rings. The van der Waals surface area contributed by atoms with E-state index in [-0.39, 0.29) is 15.2 Å². The van der Waals surface area contributed by atoms with E-state index in [0.717, 1.165) is 54.4 Å². The number of nitrogens with zero attached hydrogens (tertiary/aromatic N) is 2. The van der Waals surface area contributed by atoms with E-state index < -0.39 is 19.4 Å². The van der Waals surface area contributed by atoms with E-state index in [2.05, 4.69) is 47.2 Å². The van der Waals surface area contributed by atoms with Crippen molar-refractivity contribution in [2.45, 2.75) is 19.6 Å². The van der Waals surface area contributed by atoms with Gasteiger partial charge in [-0.2, -0.15) is 0 Å². The number of para-hydroxylation sites is 4. The Labute approximate surface area is 345 Å². The summed E-state index contributed by atoms with van der Waals surface area (Å²) in [6, 6.07) is 58.1. The molecule has 0 radical (unpaired) electrons. The van der Waals surface area contributed by atoms with Crippen molar-refractivity contribution in [1.82, 2.24) is 0 Å². The Balaban J connectivity index is 0.930. The topological polar surface area (TPSA) is 74.8 Å². The van der Waals surface area contributed by atoms with Crippen LogP contribution in [0.25, 0.3) is 42.4 Å². The smallest absolute Gasteiger partial charge is 0.210 e. The van der Waals surface area contributed by atoms with Crippen molar-refractivity contribution < 1.29 is 12.6 Å². The van der Waals surface area contributed by atoms with Gasteiger partial charge in [0.2, 0.25) is 9.84 Å². The minimum atomic E-state index is -3.66. The molecule has 11 rings (SSSR count). The van der Waals surface area contributed by atoms with E-state index in [1.54, 1.807) is 35.6 Å². The SMILES string of the molecule is C=S1(=O)c2ccccc2N(c2ccc(-c3ccc4c(=O)c5ccc(-c6ccc(N7c8ccccc8S(=O)(=O)c8ccccc87)cc6)cc5sc4c3)cc2)c2ccccc21. The first-order chi connectivity index (χ1) is 28.7. The number of benzene rings is 8. The maximum atomic E-state index is 13.9. The molecule has 8 aromatic carbocycles. The zero-order chi connectivity index (χ0) is 40.0. The standard InChI is InChI=1S/C50H32N2O4S3/c1-58(54)46-14-6-2-10-40(46)51(41-11-3-7-15-47(41)58)36-24-18-32(19-25-36)34-22-28-38-44(30-34)57-45-31-35(23-29-39(45)50(38)53)33-20-26-37(27-21-33)52-42-12-4-8-16-48(42)59(55,56)49-17-9-5-13-43(49)52/h2-31H,1H2. The Morgan fingerprint density at radius 2 is 0.746 bits per heavy atom. The van der Waals surface area contributed by atoms with E-state index in [0.29, 0.717) is 31.9 Å². The van der Waals surface area contributed by atoms with Crippen LogP contribution in [0.15, 0.2) is 206 Å². The highest BCUT2D eigenvalue weighted by Crippen LogP contribution is 2.49. The lowest BCUT2D eigenvalue weighted by atomic mass is 10.0. The molecule has 1 aromatic heterocycles. The first kappa shape index (κ1) is 35.4. The van der Waals surface area contributed by atoms with Crippen LogP contribution in [0.2, 0.25) is 0 Å². The van der Waals surface area contributed by atoms with Gasteiger partial charge >= 0.3 is 0 Å². The lowest BCUT2D eigenvalue weighted by Gasteiger charge is -2.35. The molecule has 0 atom stereocenters. The second-order valence-electron chi connectivity index (χ2n) is 14.7. The van der Waals surface area contributed by atoms with Crippen molar-refractivity contribution in [3.05, 3.63) is 192 Å². The maximum absolute atomic E-state index is 13.9. The number of anilines is 6. The molecule has 9 heteroatoms. The third-order valence-corrected chi connectivity index (χ3v) is 16.4. The van der Waals surface area contributed by atoms with Gasteiger partial charge in [-0.15, -0.1) is 11.3 Å². The van der Waals surface area contributed by atoms with Crippen molar-refractivity contribution in [1.29, 1.82) is 0 Å². The average molecular weight is 821 g/mol. The van der Waals surface area contributed by atoms with Crippen LogP contribution >= 0.6 is 11.3 Å². The fourth-order valence-electron chi connectivity index (χ4n) is 8.45. The van der Waals surface area contributed by atoms with Crippen molar-refractivity contribution >= 4 is 90.9 Å². The predicted octanol–water partition coefficient (Wildman–Crippen LogP) is 12.3. The van der Waals surface area contributed by atoms with Crippen LogP contribution in [0.3, 0.4) is 0 Å². The second kappa shape index (κ2) is 13.1. The molecule has 0 saturated heterocycles. The number of hydrogen-bond donors (Lipinski definition) is 0. The van der Waals surface area contributed by atoms with E-state index in [1.807, 2.05) is 126 Å². The lowest BCUT2D eigenvalue weighted by Crippen LogP contribution is -2.21. The summed E-state index contributed by atoms with van der Waals surface area (Å²) in [5.41, 5.74) is 8.69. The van der Waals surface area contributed by atoms with E-state index in [4.69, 9.17) is 0 Å². The Bertz CT molecular complexity index is 3170. The third-order valence-electron chi connectivity index (χ3n) is 11.3. The molecule has 0 saturated carbocycles. The normalized spacial score (nSPS) is 14.6. The predicted molar refractivity (Wildman–Crippen MR) is 243 cm³/mol. The number of hydrogen-bond acceptors (Lipinski definition) is 7. The van der Waals surface area contributed by atoms with Crippen LogP contribution in [0.5, 0.6) is 0 Å². The van der Waals surface area contributed by atoms with Crippen LogP contribution in [-0.4, -0.2) is 18.5 Å². The lowest BCUT2D eigenvalue weighted by molar-refractivity contribution is 0.595. The van der Waals surface area contributed by atoms with Gasteiger partial charge in [-0.25, -0.2) is 8.42 Å². The molecule has 284 valence electrons. The summed E-state index contributed by atoms with van der Waals surface area (Å²) >= 11 is 1.60. The highest BCUT2D eigenvalue weighted by Gasteiger charge is 2.34. The molecule has 0 spiro atoms. The van der Waals surface area contributed by atoms with Gasteiger partial charge in [0.1, 0.15) is 0 Å². The van der Waals surface area contributed by atoms with E-state index in [1.165, 1.54) is 0 Å². The minimum Gasteiger partial charge on any atom is -0.308 e. The zero-order valence-electron chi connectivity index (χ0n) is 31.3. The number of rotatable bonds is 4. The molecule has 2 aliphatic heterocycles. The Morgan fingerprint density at radius 1 is 0.407 bits per heavy atom. The van der Waals surface area contributed by atoms with Crippen LogP contribution in [0.1, 0.15) is 0 Å². The number of fused-ring (bicyclic) bond motifs is 6. The summed E-state index contributed by atoms with van der Waals surface area (Å²) in [7, 11) is -6.32. The fraction of sp³-hybridized carbons (Fsp3) is 0. The van der Waals surface area contributed by atoms with Crippen molar-refractivity contribution in [2.24, 2.45) is 0 Å². The molecule has 0 aliphatic carbocycles. The summed E-state index contributed by atoms with van der Waals surface area (Å²) in [5.74, 6) is 4.16. The van der Waals surface area contributed by atoms with E-state index >= 15 is 0 Å². The molecule has 0 unspecified atom stereocenters. The van der Waals surface area contributed by atoms with Crippen molar-refractivity contribution in [3.8, 4) is 22.3 Å². The average Bonchev–Trinajstić information content (AvgIpc) is 3.27. The molecule has 9 aromatic rings. The van der Waals surface area contributed by atoms with Crippen molar-refractivity contribution in [3.63, 3.8) is 0 Å². The first-order valence-corrected chi connectivity index (χ1v) is 23.0. The molecule has 0 N–H and O–H groups in total. The molecule has 6 nitrogen and oxygen atoms in total. The van der Waals surface area contributed by atoms with E-state index in [9.17, 15) is 17.4 Å². The summed E-state index contributed by atoms with van der Waals surface area (Å²) in [5, 5.41) is 1.36. The highest BCUT2D eigenvalue weighted by molar-refractivity contribution is 8.00.